The average Bonchev–Trinajstić information content (AvgIpc) is 2.48. The van der Waals surface area contributed by atoms with Crippen LogP contribution in [0.25, 0.3) is 0 Å². The molecule has 0 radical (unpaired) electrons. The van der Waals surface area contributed by atoms with Crippen molar-refractivity contribution in [2.45, 2.75) is 32.3 Å². The number of rotatable bonds is 2. The van der Waals surface area contributed by atoms with Gasteiger partial charge in [-0.25, -0.2) is 8.78 Å². The molecule has 5 heteroatoms. The molecule has 14 heavy (non-hydrogen) atoms. The molecule has 0 aromatic heterocycles. The minimum atomic E-state index is -2.98. The van der Waals surface area contributed by atoms with Gasteiger partial charge in [-0.3, -0.25) is 4.79 Å². The lowest BCUT2D eigenvalue weighted by Gasteiger charge is -2.19. The number of esters is 1. The van der Waals surface area contributed by atoms with E-state index in [4.69, 9.17) is 10.5 Å². The molecule has 0 aromatic rings. The summed E-state index contributed by atoms with van der Waals surface area (Å²) >= 11 is 0. The summed E-state index contributed by atoms with van der Waals surface area (Å²) in [4.78, 5) is 11.2. The molecule has 0 amide bonds. The SMILES string of the molecule is CC(C)(C)OC(=O)[C@@H]1[C@H](CN)C1(F)F. The summed E-state index contributed by atoms with van der Waals surface area (Å²) in [6, 6.07) is 0. The molecule has 0 saturated heterocycles. The zero-order chi connectivity index (χ0) is 11.1. The predicted octanol–water partition coefficient (Wildman–Crippen LogP) is 1.17. The maximum Gasteiger partial charge on any atom is 0.316 e. The van der Waals surface area contributed by atoms with Crippen LogP contribution in [0.1, 0.15) is 20.8 Å². The van der Waals surface area contributed by atoms with Crippen molar-refractivity contribution in [1.29, 1.82) is 0 Å². The van der Waals surface area contributed by atoms with E-state index in [1.165, 1.54) is 0 Å². The van der Waals surface area contributed by atoms with Gasteiger partial charge in [0.1, 0.15) is 11.5 Å². The Morgan fingerprint density at radius 3 is 2.29 bits per heavy atom. The normalized spacial score (nSPS) is 29.9. The lowest BCUT2D eigenvalue weighted by atomic mass is 10.2. The Morgan fingerprint density at radius 1 is 1.50 bits per heavy atom. The largest absolute Gasteiger partial charge is 0.460 e. The lowest BCUT2D eigenvalue weighted by Crippen LogP contribution is -2.26. The second-order valence-corrected chi connectivity index (χ2v) is 4.53. The molecule has 0 unspecified atom stereocenters. The second-order valence-electron chi connectivity index (χ2n) is 4.53. The first-order valence-electron chi connectivity index (χ1n) is 4.51. The van der Waals surface area contributed by atoms with Gasteiger partial charge in [0.2, 0.25) is 0 Å². The highest BCUT2D eigenvalue weighted by Gasteiger charge is 2.72. The number of carbonyl (C=O) groups is 1. The molecule has 1 fully saturated rings. The van der Waals surface area contributed by atoms with Crippen molar-refractivity contribution in [3.8, 4) is 0 Å². The van der Waals surface area contributed by atoms with Crippen LogP contribution in [0.4, 0.5) is 8.78 Å². The number of carbonyl (C=O) groups excluding carboxylic acids is 1. The van der Waals surface area contributed by atoms with E-state index in [1.54, 1.807) is 20.8 Å². The molecule has 2 atom stereocenters. The molecule has 2 N–H and O–H groups in total. The molecular weight excluding hydrogens is 192 g/mol. The Morgan fingerprint density at radius 2 is 2.00 bits per heavy atom. The van der Waals surface area contributed by atoms with Gasteiger partial charge in [0, 0.05) is 6.54 Å². The molecule has 82 valence electrons. The number of hydrogen-bond acceptors (Lipinski definition) is 3. The summed E-state index contributed by atoms with van der Waals surface area (Å²) in [7, 11) is 0. The fourth-order valence-electron chi connectivity index (χ4n) is 1.37. The Hall–Kier alpha value is -0.710. The summed E-state index contributed by atoms with van der Waals surface area (Å²) in [5, 5.41) is 0. The highest BCUT2D eigenvalue weighted by molar-refractivity contribution is 5.78. The highest BCUT2D eigenvalue weighted by Crippen LogP contribution is 2.55. The summed E-state index contributed by atoms with van der Waals surface area (Å²) in [6.07, 6.45) is 0. The van der Waals surface area contributed by atoms with Crippen LogP contribution in [-0.4, -0.2) is 24.0 Å². The number of ether oxygens (including phenoxy) is 1. The van der Waals surface area contributed by atoms with E-state index in [-0.39, 0.29) is 6.54 Å². The van der Waals surface area contributed by atoms with Gasteiger partial charge >= 0.3 is 5.97 Å². The third-order valence-corrected chi connectivity index (χ3v) is 2.12. The molecule has 0 heterocycles. The van der Waals surface area contributed by atoms with Crippen molar-refractivity contribution in [3.05, 3.63) is 0 Å². The third kappa shape index (κ3) is 2.03. The average molecular weight is 207 g/mol. The van der Waals surface area contributed by atoms with Crippen LogP contribution < -0.4 is 5.73 Å². The first-order chi connectivity index (χ1) is 6.20. The van der Waals surface area contributed by atoms with Gasteiger partial charge in [-0.2, -0.15) is 0 Å². The first-order valence-corrected chi connectivity index (χ1v) is 4.51. The fourth-order valence-corrected chi connectivity index (χ4v) is 1.37. The van der Waals surface area contributed by atoms with Crippen LogP contribution in [0.5, 0.6) is 0 Å². The minimum Gasteiger partial charge on any atom is -0.460 e. The molecule has 1 saturated carbocycles. The third-order valence-electron chi connectivity index (χ3n) is 2.12. The quantitative estimate of drug-likeness (QED) is 0.691. The van der Waals surface area contributed by atoms with Crippen molar-refractivity contribution in [3.63, 3.8) is 0 Å². The smallest absolute Gasteiger partial charge is 0.316 e. The molecule has 1 aliphatic rings. The van der Waals surface area contributed by atoms with E-state index in [0.29, 0.717) is 0 Å². The van der Waals surface area contributed by atoms with Crippen molar-refractivity contribution in [1.82, 2.24) is 0 Å². The fraction of sp³-hybridized carbons (Fsp3) is 0.889. The molecule has 1 rings (SSSR count). The number of halogens is 2. The van der Waals surface area contributed by atoms with Crippen LogP contribution in [0.15, 0.2) is 0 Å². The van der Waals surface area contributed by atoms with E-state index in [1.807, 2.05) is 0 Å². The highest BCUT2D eigenvalue weighted by atomic mass is 19.3. The zero-order valence-corrected chi connectivity index (χ0v) is 8.51. The van der Waals surface area contributed by atoms with Crippen molar-refractivity contribution < 1.29 is 18.3 Å². The van der Waals surface area contributed by atoms with Crippen molar-refractivity contribution >= 4 is 5.97 Å². The van der Waals surface area contributed by atoms with Crippen molar-refractivity contribution in [2.24, 2.45) is 17.6 Å². The maximum absolute atomic E-state index is 12.9. The number of alkyl halides is 2. The van der Waals surface area contributed by atoms with Crippen molar-refractivity contribution in [2.75, 3.05) is 6.54 Å². The van der Waals surface area contributed by atoms with Gasteiger partial charge in [-0.15, -0.1) is 0 Å². The van der Waals surface area contributed by atoms with Gasteiger partial charge in [0.15, 0.2) is 0 Å². The standard InChI is InChI=1S/C9H15F2NO2/c1-8(2,3)14-7(13)6-5(4-12)9(6,10)11/h5-6H,4,12H2,1-3H3/t5-,6-/m0/s1. The monoisotopic (exact) mass is 207 g/mol. The molecule has 0 aliphatic heterocycles. The van der Waals surface area contributed by atoms with Crippen LogP contribution in [0.3, 0.4) is 0 Å². The van der Waals surface area contributed by atoms with E-state index < -0.39 is 29.3 Å². The van der Waals surface area contributed by atoms with Crippen LogP contribution in [-0.2, 0) is 9.53 Å². The molecule has 0 aromatic carbocycles. The van der Waals surface area contributed by atoms with Gasteiger partial charge in [-0.05, 0) is 20.8 Å². The van der Waals surface area contributed by atoms with E-state index in [2.05, 4.69) is 0 Å². The zero-order valence-electron chi connectivity index (χ0n) is 8.51. The Bertz CT molecular complexity index is 248. The number of nitrogens with two attached hydrogens (primary N) is 1. The number of hydrogen-bond donors (Lipinski definition) is 1. The summed E-state index contributed by atoms with van der Waals surface area (Å²) < 4.78 is 30.7. The Balaban J connectivity index is 2.57. The summed E-state index contributed by atoms with van der Waals surface area (Å²) in [6.45, 7) is 4.74. The lowest BCUT2D eigenvalue weighted by molar-refractivity contribution is -0.159. The molecule has 0 spiro atoms. The van der Waals surface area contributed by atoms with E-state index in [9.17, 15) is 13.6 Å². The van der Waals surface area contributed by atoms with Gasteiger partial charge < -0.3 is 10.5 Å². The topological polar surface area (TPSA) is 52.3 Å². The van der Waals surface area contributed by atoms with Crippen LogP contribution >= 0.6 is 0 Å². The van der Waals surface area contributed by atoms with Crippen LogP contribution in [0.2, 0.25) is 0 Å². The summed E-state index contributed by atoms with van der Waals surface area (Å²) in [5.41, 5.74) is 4.39. The first kappa shape index (κ1) is 11.4. The van der Waals surface area contributed by atoms with Gasteiger partial charge in [-0.1, -0.05) is 0 Å². The molecular formula is C9H15F2NO2. The Labute approximate surface area is 81.6 Å². The molecule has 1 aliphatic carbocycles. The minimum absolute atomic E-state index is 0.184. The van der Waals surface area contributed by atoms with Crippen LogP contribution in [0, 0.1) is 11.8 Å². The van der Waals surface area contributed by atoms with Gasteiger partial charge in [0.25, 0.3) is 5.92 Å². The molecule has 3 nitrogen and oxygen atoms in total. The predicted molar refractivity (Wildman–Crippen MR) is 46.8 cm³/mol. The van der Waals surface area contributed by atoms with E-state index >= 15 is 0 Å². The maximum atomic E-state index is 12.9. The molecule has 0 bridgehead atoms. The second kappa shape index (κ2) is 3.15. The summed E-state index contributed by atoms with van der Waals surface area (Å²) in [5.74, 6) is -6.21. The van der Waals surface area contributed by atoms with Gasteiger partial charge in [0.05, 0.1) is 5.92 Å². The Kier molecular flexibility index (Phi) is 2.56. The van der Waals surface area contributed by atoms with E-state index in [0.717, 1.165) is 0 Å².